The van der Waals surface area contributed by atoms with Crippen LogP contribution in [-0.2, 0) is 9.59 Å². The summed E-state index contributed by atoms with van der Waals surface area (Å²) in [6, 6.07) is 9.87. The first-order chi connectivity index (χ1) is 18.7. The van der Waals surface area contributed by atoms with E-state index in [1.807, 2.05) is 43.0 Å². The van der Waals surface area contributed by atoms with Crippen molar-refractivity contribution in [2.24, 2.45) is 5.41 Å². The molecule has 9 heteroatoms. The number of nitrogen functional groups attached to an aromatic ring is 1. The molecule has 1 saturated carbocycles. The van der Waals surface area contributed by atoms with Gasteiger partial charge in [-0.3, -0.25) is 14.3 Å². The first-order valence-electron chi connectivity index (χ1n) is 13.2. The smallest absolute Gasteiger partial charge is 0.245 e. The number of hydrogen-bond donors (Lipinski definition) is 2. The molecule has 3 heterocycles. The van der Waals surface area contributed by atoms with Crippen LogP contribution in [0.3, 0.4) is 0 Å². The van der Waals surface area contributed by atoms with E-state index < -0.39 is 0 Å². The maximum absolute atomic E-state index is 12.0. The SMILES string of the molecule is C=CC(=O)N1CC2(CC(n3nc(-c4ccc(N5CCC5=O)cc4)c(-c4c(Cl)c(C)cc(N)c4C=N)c3C)C2)C1. The highest BCUT2D eigenvalue weighted by atomic mass is 35.5. The van der Waals surface area contributed by atoms with Gasteiger partial charge in [0, 0.05) is 77.0 Å². The molecule has 6 rings (SSSR count). The fraction of sp³-hybridized carbons (Fsp3) is 0.333. The molecule has 3 aromatic rings. The van der Waals surface area contributed by atoms with E-state index in [0.717, 1.165) is 66.2 Å². The van der Waals surface area contributed by atoms with Crippen molar-refractivity contribution in [3.63, 3.8) is 0 Å². The number of aryl methyl sites for hydroxylation is 1. The number of aromatic nitrogens is 2. The van der Waals surface area contributed by atoms with Gasteiger partial charge in [-0.15, -0.1) is 0 Å². The van der Waals surface area contributed by atoms with Crippen molar-refractivity contribution in [1.29, 1.82) is 5.41 Å². The zero-order valence-corrected chi connectivity index (χ0v) is 22.9. The average molecular weight is 543 g/mol. The Morgan fingerprint density at radius 2 is 1.90 bits per heavy atom. The summed E-state index contributed by atoms with van der Waals surface area (Å²) in [5, 5.41) is 13.8. The van der Waals surface area contributed by atoms with E-state index in [-0.39, 0.29) is 23.3 Å². The number of benzene rings is 2. The molecule has 1 aliphatic carbocycles. The van der Waals surface area contributed by atoms with E-state index >= 15 is 0 Å². The third-order valence-corrected chi connectivity index (χ3v) is 9.07. The van der Waals surface area contributed by atoms with E-state index in [9.17, 15) is 9.59 Å². The summed E-state index contributed by atoms with van der Waals surface area (Å²) in [7, 11) is 0. The van der Waals surface area contributed by atoms with Gasteiger partial charge in [-0.2, -0.15) is 5.10 Å². The predicted octanol–water partition coefficient (Wildman–Crippen LogP) is 5.15. The second kappa shape index (κ2) is 9.09. The standard InChI is InChI=1S/C30H31ClN6O2/c1-4-24(38)35-15-30(16-35)12-21(13-30)37-18(3)26(27-22(14-32)23(33)11-17(2)28(27)31)29(34-37)19-5-7-20(8-6-19)36-10-9-25(36)39/h4-8,11,14,21,32H,1,9-10,12-13,15-16,33H2,2-3H3. The van der Waals surface area contributed by atoms with Gasteiger partial charge in [0.2, 0.25) is 11.8 Å². The molecule has 2 aliphatic heterocycles. The Bertz CT molecular complexity index is 1540. The first kappa shape index (κ1) is 25.4. The van der Waals surface area contributed by atoms with Crippen molar-refractivity contribution in [1.82, 2.24) is 14.7 Å². The number of halogens is 1. The normalized spacial score (nSPS) is 18.0. The molecule has 200 valence electrons. The molecule has 3 fully saturated rings. The van der Waals surface area contributed by atoms with Crippen LogP contribution in [-0.4, -0.2) is 52.3 Å². The fourth-order valence-corrected chi connectivity index (χ4v) is 6.67. The number of amides is 2. The molecule has 0 atom stereocenters. The molecule has 8 nitrogen and oxygen atoms in total. The molecular formula is C30H31ClN6O2. The van der Waals surface area contributed by atoms with Gasteiger partial charge in [-0.05, 0) is 56.5 Å². The topological polar surface area (TPSA) is 108 Å². The third kappa shape index (κ3) is 3.88. The van der Waals surface area contributed by atoms with Gasteiger partial charge in [0.15, 0.2) is 0 Å². The lowest BCUT2D eigenvalue weighted by Gasteiger charge is -2.58. The Hall–Kier alpha value is -3.91. The third-order valence-electron chi connectivity index (χ3n) is 8.59. The Labute approximate surface area is 232 Å². The Morgan fingerprint density at radius 3 is 2.46 bits per heavy atom. The minimum absolute atomic E-state index is 0.0156. The van der Waals surface area contributed by atoms with Crippen molar-refractivity contribution >= 4 is 41.0 Å². The number of nitrogens with two attached hydrogens (primary N) is 1. The number of hydrogen-bond acceptors (Lipinski definition) is 5. The van der Waals surface area contributed by atoms with Gasteiger partial charge in [-0.25, -0.2) is 0 Å². The highest BCUT2D eigenvalue weighted by molar-refractivity contribution is 6.35. The average Bonchev–Trinajstić information content (AvgIpc) is 3.19. The van der Waals surface area contributed by atoms with Gasteiger partial charge in [0.05, 0.1) is 11.1 Å². The van der Waals surface area contributed by atoms with Crippen molar-refractivity contribution in [2.75, 3.05) is 30.3 Å². The van der Waals surface area contributed by atoms with E-state index in [4.69, 9.17) is 27.8 Å². The van der Waals surface area contributed by atoms with Gasteiger partial charge >= 0.3 is 0 Å². The molecule has 2 amide bonds. The lowest BCUT2D eigenvalue weighted by atomic mass is 9.60. The van der Waals surface area contributed by atoms with Crippen LogP contribution in [0.15, 0.2) is 43.0 Å². The fourth-order valence-electron chi connectivity index (χ4n) is 6.42. The van der Waals surface area contributed by atoms with Crippen LogP contribution in [0.5, 0.6) is 0 Å². The number of nitrogens with one attached hydrogen (secondary N) is 1. The molecule has 0 unspecified atom stereocenters. The van der Waals surface area contributed by atoms with E-state index in [1.165, 1.54) is 12.3 Å². The van der Waals surface area contributed by atoms with Crippen molar-refractivity contribution in [3.05, 3.63) is 64.8 Å². The highest BCUT2D eigenvalue weighted by Crippen LogP contribution is 2.55. The largest absolute Gasteiger partial charge is 0.398 e. The van der Waals surface area contributed by atoms with Gasteiger partial charge in [-0.1, -0.05) is 30.3 Å². The van der Waals surface area contributed by atoms with Crippen molar-refractivity contribution < 1.29 is 9.59 Å². The summed E-state index contributed by atoms with van der Waals surface area (Å²) in [5.41, 5.74) is 13.5. The summed E-state index contributed by atoms with van der Waals surface area (Å²) in [6.07, 6.45) is 5.09. The second-order valence-electron chi connectivity index (χ2n) is 11.1. The summed E-state index contributed by atoms with van der Waals surface area (Å²) in [5.74, 6) is 0.114. The van der Waals surface area contributed by atoms with Gasteiger partial charge in [0.25, 0.3) is 0 Å². The molecule has 1 aromatic heterocycles. The van der Waals surface area contributed by atoms with E-state index in [1.54, 1.807) is 11.0 Å². The van der Waals surface area contributed by atoms with Crippen LogP contribution >= 0.6 is 11.6 Å². The maximum Gasteiger partial charge on any atom is 0.245 e. The minimum atomic E-state index is -0.0156. The van der Waals surface area contributed by atoms with Crippen LogP contribution in [0.2, 0.25) is 5.02 Å². The molecular weight excluding hydrogens is 512 g/mol. The maximum atomic E-state index is 12.0. The second-order valence-corrected chi connectivity index (χ2v) is 11.5. The molecule has 1 spiro atoms. The number of β-lactam (4-membered cyclic amide) rings is 1. The van der Waals surface area contributed by atoms with Crippen LogP contribution in [0.4, 0.5) is 11.4 Å². The summed E-state index contributed by atoms with van der Waals surface area (Å²) >= 11 is 6.91. The number of rotatable bonds is 6. The molecule has 0 radical (unpaired) electrons. The zero-order chi connectivity index (χ0) is 27.6. The van der Waals surface area contributed by atoms with Crippen molar-refractivity contribution in [2.45, 2.75) is 39.2 Å². The number of carbonyl (C=O) groups is 2. The summed E-state index contributed by atoms with van der Waals surface area (Å²) in [4.78, 5) is 27.5. The highest BCUT2D eigenvalue weighted by Gasteiger charge is 2.54. The monoisotopic (exact) mass is 542 g/mol. The number of anilines is 2. The lowest BCUT2D eigenvalue weighted by Crippen LogP contribution is -2.63. The van der Waals surface area contributed by atoms with Crippen LogP contribution in [0.1, 0.15) is 42.1 Å². The number of nitrogens with zero attached hydrogens (tertiary/aromatic N) is 4. The molecule has 39 heavy (non-hydrogen) atoms. The molecule has 3 N–H and O–H groups in total. The van der Waals surface area contributed by atoms with E-state index in [0.29, 0.717) is 28.3 Å². The zero-order valence-electron chi connectivity index (χ0n) is 22.1. The Kier molecular flexibility index (Phi) is 5.91. The number of likely N-dealkylation sites (tertiary alicyclic amines) is 1. The summed E-state index contributed by atoms with van der Waals surface area (Å²) in [6.45, 7) is 9.80. The van der Waals surface area contributed by atoms with Crippen LogP contribution in [0, 0.1) is 24.7 Å². The minimum Gasteiger partial charge on any atom is -0.398 e. The van der Waals surface area contributed by atoms with Gasteiger partial charge < -0.3 is 20.9 Å². The first-order valence-corrected chi connectivity index (χ1v) is 13.5. The quantitative estimate of drug-likeness (QED) is 0.194. The van der Waals surface area contributed by atoms with E-state index in [2.05, 4.69) is 11.3 Å². The van der Waals surface area contributed by atoms with Gasteiger partial charge in [0.1, 0.15) is 5.69 Å². The molecule has 0 bridgehead atoms. The Morgan fingerprint density at radius 1 is 1.21 bits per heavy atom. The Balaban J connectivity index is 1.42. The van der Waals surface area contributed by atoms with Crippen LogP contribution < -0.4 is 10.6 Å². The van der Waals surface area contributed by atoms with Crippen molar-refractivity contribution in [3.8, 4) is 22.4 Å². The molecule has 2 aromatic carbocycles. The van der Waals surface area contributed by atoms with Crippen LogP contribution in [0.25, 0.3) is 22.4 Å². The summed E-state index contributed by atoms with van der Waals surface area (Å²) < 4.78 is 2.09. The molecule has 3 aliphatic rings. The predicted molar refractivity (Wildman–Crippen MR) is 154 cm³/mol. The lowest BCUT2D eigenvalue weighted by molar-refractivity contribution is -0.149. The molecule has 2 saturated heterocycles. The number of carbonyl (C=O) groups excluding carboxylic acids is 2.